The lowest BCUT2D eigenvalue weighted by atomic mass is 10.2. The first kappa shape index (κ1) is 14.8. The zero-order valence-electron chi connectivity index (χ0n) is 10.6. The smallest absolute Gasteiger partial charge is 0.0220 e. The maximum absolute atomic E-state index is 3.60. The fourth-order valence-electron chi connectivity index (χ4n) is 2.34. The molecule has 1 aliphatic heterocycles. The molecule has 1 aromatic rings. The Kier molecular flexibility index (Phi) is 6.41. The molecule has 0 unspecified atom stereocenters. The second-order valence-electron chi connectivity index (χ2n) is 4.81. The van der Waals surface area contributed by atoms with E-state index in [4.69, 9.17) is 0 Å². The van der Waals surface area contributed by atoms with Crippen LogP contribution in [0, 0.1) is 3.57 Å². The molecule has 0 atom stereocenters. The molecule has 1 aromatic carbocycles. The average molecular weight is 423 g/mol. The highest BCUT2D eigenvalue weighted by Gasteiger charge is 2.09. The number of nitrogens with one attached hydrogen (secondary N) is 1. The van der Waals surface area contributed by atoms with Gasteiger partial charge in [0.2, 0.25) is 0 Å². The maximum Gasteiger partial charge on any atom is 0.0220 e. The molecule has 18 heavy (non-hydrogen) atoms. The van der Waals surface area contributed by atoms with Gasteiger partial charge >= 0.3 is 0 Å². The van der Waals surface area contributed by atoms with Gasteiger partial charge in [0.05, 0.1) is 0 Å². The zero-order chi connectivity index (χ0) is 12.8. The van der Waals surface area contributed by atoms with E-state index in [2.05, 4.69) is 66.9 Å². The van der Waals surface area contributed by atoms with Gasteiger partial charge in [0, 0.05) is 14.6 Å². The molecule has 4 heteroatoms. The molecule has 1 saturated heterocycles. The van der Waals surface area contributed by atoms with E-state index in [1.54, 1.807) is 0 Å². The predicted molar refractivity (Wildman–Crippen MR) is 88.9 cm³/mol. The highest BCUT2D eigenvalue weighted by Crippen LogP contribution is 2.19. The van der Waals surface area contributed by atoms with E-state index in [9.17, 15) is 0 Å². The predicted octanol–water partition coefficient (Wildman–Crippen LogP) is 3.63. The van der Waals surface area contributed by atoms with Crippen LogP contribution in [0.15, 0.2) is 22.7 Å². The van der Waals surface area contributed by atoms with E-state index in [0.717, 1.165) is 13.1 Å². The molecule has 1 N–H and O–H groups in total. The number of nitrogens with zero attached hydrogens (tertiary/aromatic N) is 1. The number of rotatable bonds is 6. The summed E-state index contributed by atoms with van der Waals surface area (Å²) in [5.41, 5.74) is 1.35. The summed E-state index contributed by atoms with van der Waals surface area (Å²) in [6.45, 7) is 5.93. The first-order chi connectivity index (χ1) is 8.75. The molecule has 1 aliphatic rings. The Bertz CT molecular complexity index is 378. The summed E-state index contributed by atoms with van der Waals surface area (Å²) in [4.78, 5) is 2.57. The Hall–Kier alpha value is 0.350. The van der Waals surface area contributed by atoms with Crippen molar-refractivity contribution < 1.29 is 0 Å². The minimum absolute atomic E-state index is 0.956. The molecular formula is C14H20BrIN2. The minimum Gasteiger partial charge on any atom is -0.313 e. The molecule has 0 aromatic heterocycles. The molecule has 0 spiro atoms. The summed E-state index contributed by atoms with van der Waals surface area (Å²) in [6.07, 6.45) is 4.03. The van der Waals surface area contributed by atoms with E-state index in [1.807, 2.05) is 0 Å². The number of likely N-dealkylation sites (tertiary alicyclic amines) is 1. The summed E-state index contributed by atoms with van der Waals surface area (Å²) in [5, 5.41) is 3.53. The van der Waals surface area contributed by atoms with Crippen LogP contribution in [0.25, 0.3) is 0 Å². The van der Waals surface area contributed by atoms with Crippen LogP contribution in [0.2, 0.25) is 0 Å². The second kappa shape index (κ2) is 7.82. The van der Waals surface area contributed by atoms with Crippen LogP contribution in [0.3, 0.4) is 0 Å². The van der Waals surface area contributed by atoms with Gasteiger partial charge in [0.25, 0.3) is 0 Å². The molecule has 2 rings (SSSR count). The molecule has 0 radical (unpaired) electrons. The summed E-state index contributed by atoms with van der Waals surface area (Å²) in [7, 11) is 0. The van der Waals surface area contributed by atoms with E-state index < -0.39 is 0 Å². The summed E-state index contributed by atoms with van der Waals surface area (Å²) >= 11 is 5.96. The van der Waals surface area contributed by atoms with Crippen molar-refractivity contribution in [1.29, 1.82) is 0 Å². The Morgan fingerprint density at radius 2 is 2.06 bits per heavy atom. The van der Waals surface area contributed by atoms with Crippen molar-refractivity contribution in [3.05, 3.63) is 31.8 Å². The molecule has 0 amide bonds. The van der Waals surface area contributed by atoms with Gasteiger partial charge in [-0.05, 0) is 91.8 Å². The Morgan fingerprint density at radius 3 is 2.83 bits per heavy atom. The minimum atomic E-state index is 0.956. The van der Waals surface area contributed by atoms with E-state index in [0.29, 0.717) is 0 Å². The van der Waals surface area contributed by atoms with Crippen molar-refractivity contribution in [2.75, 3.05) is 26.2 Å². The molecule has 100 valence electrons. The fraction of sp³-hybridized carbons (Fsp3) is 0.571. The average Bonchev–Trinajstić information content (AvgIpc) is 2.86. The molecule has 0 aliphatic carbocycles. The fourth-order valence-corrected chi connectivity index (χ4v) is 3.28. The van der Waals surface area contributed by atoms with Crippen LogP contribution in [0.4, 0.5) is 0 Å². The van der Waals surface area contributed by atoms with Crippen LogP contribution < -0.4 is 5.32 Å². The quantitative estimate of drug-likeness (QED) is 0.556. The van der Waals surface area contributed by atoms with Gasteiger partial charge in [-0.2, -0.15) is 0 Å². The van der Waals surface area contributed by atoms with Crippen molar-refractivity contribution in [1.82, 2.24) is 10.2 Å². The van der Waals surface area contributed by atoms with Gasteiger partial charge in [-0.1, -0.05) is 15.9 Å². The van der Waals surface area contributed by atoms with Crippen molar-refractivity contribution in [2.45, 2.75) is 25.8 Å². The van der Waals surface area contributed by atoms with Gasteiger partial charge in [-0.25, -0.2) is 0 Å². The third-order valence-electron chi connectivity index (χ3n) is 3.35. The second-order valence-corrected chi connectivity index (χ2v) is 6.91. The molecule has 2 nitrogen and oxygen atoms in total. The third kappa shape index (κ3) is 4.79. The Morgan fingerprint density at radius 1 is 1.28 bits per heavy atom. The van der Waals surface area contributed by atoms with Crippen LogP contribution >= 0.6 is 38.5 Å². The van der Waals surface area contributed by atoms with Gasteiger partial charge in [-0.15, -0.1) is 0 Å². The Labute approximate surface area is 132 Å². The van der Waals surface area contributed by atoms with E-state index in [1.165, 1.54) is 52.5 Å². The van der Waals surface area contributed by atoms with Crippen molar-refractivity contribution in [3.8, 4) is 0 Å². The van der Waals surface area contributed by atoms with Gasteiger partial charge in [0.1, 0.15) is 0 Å². The van der Waals surface area contributed by atoms with E-state index in [-0.39, 0.29) is 0 Å². The third-order valence-corrected chi connectivity index (χ3v) is 4.79. The van der Waals surface area contributed by atoms with Gasteiger partial charge < -0.3 is 10.2 Å². The number of benzene rings is 1. The van der Waals surface area contributed by atoms with Crippen molar-refractivity contribution in [2.24, 2.45) is 0 Å². The van der Waals surface area contributed by atoms with Crippen LogP contribution in [-0.2, 0) is 6.54 Å². The van der Waals surface area contributed by atoms with Crippen LogP contribution in [0.5, 0.6) is 0 Å². The largest absolute Gasteiger partial charge is 0.313 e. The molecule has 0 bridgehead atoms. The Balaban J connectivity index is 1.64. The lowest BCUT2D eigenvalue weighted by molar-refractivity contribution is 0.331. The SMILES string of the molecule is Brc1ccc(I)cc1CNCCCN1CCCC1. The van der Waals surface area contributed by atoms with Crippen molar-refractivity contribution >= 4 is 38.5 Å². The topological polar surface area (TPSA) is 15.3 Å². The molecule has 1 heterocycles. The number of hydrogen-bond donors (Lipinski definition) is 1. The van der Waals surface area contributed by atoms with Gasteiger partial charge in [-0.3, -0.25) is 0 Å². The summed E-state index contributed by atoms with van der Waals surface area (Å²) < 4.78 is 2.50. The molecular weight excluding hydrogens is 403 g/mol. The van der Waals surface area contributed by atoms with Crippen LogP contribution in [0.1, 0.15) is 24.8 Å². The maximum atomic E-state index is 3.60. The zero-order valence-corrected chi connectivity index (χ0v) is 14.3. The highest BCUT2D eigenvalue weighted by atomic mass is 127. The van der Waals surface area contributed by atoms with Crippen molar-refractivity contribution in [3.63, 3.8) is 0 Å². The lowest BCUT2D eigenvalue weighted by Crippen LogP contribution is -2.24. The number of halogens is 2. The van der Waals surface area contributed by atoms with E-state index >= 15 is 0 Å². The normalized spacial score (nSPS) is 16.3. The first-order valence-electron chi connectivity index (χ1n) is 6.63. The van der Waals surface area contributed by atoms with Gasteiger partial charge in [0.15, 0.2) is 0 Å². The summed E-state index contributed by atoms with van der Waals surface area (Å²) in [6, 6.07) is 6.49. The lowest BCUT2D eigenvalue weighted by Gasteiger charge is -2.14. The standard InChI is InChI=1S/C14H20BrIN2/c15-14-5-4-13(16)10-12(14)11-17-6-3-9-18-7-1-2-8-18/h4-5,10,17H,1-3,6-9,11H2. The molecule has 1 fully saturated rings. The highest BCUT2D eigenvalue weighted by molar-refractivity contribution is 14.1. The number of hydrogen-bond acceptors (Lipinski definition) is 2. The summed E-state index contributed by atoms with van der Waals surface area (Å²) in [5.74, 6) is 0. The van der Waals surface area contributed by atoms with Crippen LogP contribution in [-0.4, -0.2) is 31.1 Å². The monoisotopic (exact) mass is 422 g/mol. The first-order valence-corrected chi connectivity index (χ1v) is 8.50. The molecule has 0 saturated carbocycles.